The molecule has 4 aromatic carbocycles. The number of nitrogens with one attached hydrogen (secondary N) is 1. The van der Waals surface area contributed by atoms with Crippen molar-refractivity contribution in [2.45, 2.75) is 82.4 Å². The number of ether oxygens (including phenoxy) is 3. The van der Waals surface area contributed by atoms with Crippen LogP contribution in [0.15, 0.2) is 90.0 Å². The van der Waals surface area contributed by atoms with Crippen molar-refractivity contribution >= 4 is 49.0 Å². The van der Waals surface area contributed by atoms with E-state index < -0.39 is 20.9 Å². The maximum Gasteiger partial charge on any atom is 0.190 e. The molecule has 5 aromatic rings. The van der Waals surface area contributed by atoms with Crippen LogP contribution in [0.25, 0.3) is 10.8 Å². The zero-order valence-corrected chi connectivity index (χ0v) is 34.6. The first-order valence-electron chi connectivity index (χ1n) is 18.8. The third-order valence-corrected chi connectivity index (χ3v) is 11.4. The molecular weight excluding hydrogens is 749 g/mol. The Morgan fingerprint density at radius 3 is 2.09 bits per heavy atom. The topological polar surface area (TPSA) is 141 Å². The first-order chi connectivity index (χ1) is 26.6. The van der Waals surface area contributed by atoms with Crippen LogP contribution in [0, 0.1) is 0 Å². The maximum atomic E-state index is 13.1. The molecule has 1 aromatic heterocycles. The fraction of sp³-hybridized carbons (Fsp3) is 0.364. The molecule has 298 valence electrons. The van der Waals surface area contributed by atoms with E-state index in [1.165, 1.54) is 25.0 Å². The SMILES string of the molecule is COc1cc(Nc2cc(Oc3ccc(CCCC(=O)CCCc4cc(C(C)(C)C)cc(CCCS(C)(=O)=O)c4OC)c4ccccc34)ccn2)ccc1S(=O)O. The second-order valence-electron chi connectivity index (χ2n) is 15.0. The monoisotopic (exact) mass is 800 g/mol. The molecule has 0 saturated heterocycles. The summed E-state index contributed by atoms with van der Waals surface area (Å²) in [6, 6.07) is 24.8. The largest absolute Gasteiger partial charge is 0.496 e. The number of Topliss-reactive ketones (excluding diaryl/α,β-unsaturated/α-hetero) is 1. The number of ketones is 1. The first kappa shape index (κ1) is 42.4. The van der Waals surface area contributed by atoms with Crippen LogP contribution in [0.2, 0.25) is 0 Å². The number of carbonyl (C=O) groups is 1. The van der Waals surface area contributed by atoms with Gasteiger partial charge in [0.25, 0.3) is 0 Å². The van der Waals surface area contributed by atoms with Crippen molar-refractivity contribution in [2.75, 3.05) is 31.5 Å². The zero-order valence-electron chi connectivity index (χ0n) is 33.0. The van der Waals surface area contributed by atoms with E-state index in [-0.39, 0.29) is 27.6 Å². The molecule has 1 heterocycles. The minimum Gasteiger partial charge on any atom is -0.496 e. The molecule has 0 saturated carbocycles. The number of benzene rings is 4. The van der Waals surface area contributed by atoms with Crippen LogP contribution >= 0.6 is 0 Å². The third kappa shape index (κ3) is 11.6. The van der Waals surface area contributed by atoms with Crippen LogP contribution in [-0.2, 0) is 50.4 Å². The van der Waals surface area contributed by atoms with Crippen LogP contribution < -0.4 is 19.5 Å². The number of aromatic nitrogens is 1. The summed E-state index contributed by atoms with van der Waals surface area (Å²) >= 11 is -2.17. The van der Waals surface area contributed by atoms with Crippen LogP contribution in [0.1, 0.15) is 75.1 Å². The Labute approximate surface area is 333 Å². The van der Waals surface area contributed by atoms with Gasteiger partial charge in [-0.2, -0.15) is 0 Å². The second kappa shape index (κ2) is 18.9. The average molecular weight is 801 g/mol. The van der Waals surface area contributed by atoms with Gasteiger partial charge in [-0.25, -0.2) is 17.6 Å². The second-order valence-corrected chi connectivity index (χ2v) is 18.2. The number of rotatable bonds is 19. The number of anilines is 2. The minimum absolute atomic E-state index is 0.0893. The number of pyridine rings is 1. The molecule has 5 rings (SSSR count). The molecule has 0 aliphatic carbocycles. The zero-order chi connectivity index (χ0) is 40.5. The normalized spacial score (nSPS) is 12.3. The Hall–Kier alpha value is -4.78. The Balaban J connectivity index is 1.19. The third-order valence-electron chi connectivity index (χ3n) is 9.64. The Morgan fingerprint density at radius 2 is 1.46 bits per heavy atom. The van der Waals surface area contributed by atoms with E-state index in [9.17, 15) is 22.0 Å². The van der Waals surface area contributed by atoms with Crippen molar-refractivity contribution in [3.63, 3.8) is 0 Å². The summed E-state index contributed by atoms with van der Waals surface area (Å²) in [5.74, 6) is 3.24. The molecule has 0 bridgehead atoms. The number of methoxy groups -OCH3 is 2. The lowest BCUT2D eigenvalue weighted by molar-refractivity contribution is -0.119. The summed E-state index contributed by atoms with van der Waals surface area (Å²) in [4.78, 5) is 17.7. The van der Waals surface area contributed by atoms with Gasteiger partial charge >= 0.3 is 0 Å². The molecule has 12 heteroatoms. The van der Waals surface area contributed by atoms with E-state index in [1.54, 1.807) is 37.6 Å². The maximum absolute atomic E-state index is 13.1. The number of fused-ring (bicyclic) bond motifs is 1. The highest BCUT2D eigenvalue weighted by atomic mass is 32.2. The molecule has 1 unspecified atom stereocenters. The van der Waals surface area contributed by atoms with Gasteiger partial charge in [-0.15, -0.1) is 0 Å². The predicted octanol–water partition coefficient (Wildman–Crippen LogP) is 9.56. The van der Waals surface area contributed by atoms with E-state index in [1.807, 2.05) is 24.3 Å². The fourth-order valence-electron chi connectivity index (χ4n) is 6.77. The summed E-state index contributed by atoms with van der Waals surface area (Å²) in [5, 5.41) is 5.22. The molecule has 0 fully saturated rings. The lowest BCUT2D eigenvalue weighted by atomic mass is 9.83. The van der Waals surface area contributed by atoms with Crippen LogP contribution in [0.5, 0.6) is 23.0 Å². The van der Waals surface area contributed by atoms with E-state index >= 15 is 0 Å². The van der Waals surface area contributed by atoms with Crippen molar-refractivity contribution in [1.82, 2.24) is 4.98 Å². The molecule has 0 amide bonds. The number of nitrogens with zero attached hydrogens (tertiary/aromatic N) is 1. The number of aryl methyl sites for hydroxylation is 3. The van der Waals surface area contributed by atoms with Crippen molar-refractivity contribution in [2.24, 2.45) is 0 Å². The van der Waals surface area contributed by atoms with Gasteiger partial charge in [-0.05, 0) is 95.8 Å². The van der Waals surface area contributed by atoms with Crippen molar-refractivity contribution in [3.05, 3.63) is 107 Å². The molecule has 2 N–H and O–H groups in total. The van der Waals surface area contributed by atoms with Gasteiger partial charge in [0.2, 0.25) is 0 Å². The summed E-state index contributed by atoms with van der Waals surface area (Å²) in [5.41, 5.74) is 4.93. The number of carbonyl (C=O) groups excluding carboxylic acids is 1. The predicted molar refractivity (Wildman–Crippen MR) is 224 cm³/mol. The van der Waals surface area contributed by atoms with Gasteiger partial charge in [0.05, 0.1) is 20.0 Å². The van der Waals surface area contributed by atoms with Crippen molar-refractivity contribution in [3.8, 4) is 23.0 Å². The molecule has 0 aliphatic heterocycles. The molecule has 0 radical (unpaired) electrons. The Morgan fingerprint density at radius 1 is 0.804 bits per heavy atom. The summed E-state index contributed by atoms with van der Waals surface area (Å²) < 4.78 is 62.1. The van der Waals surface area contributed by atoms with E-state index in [2.05, 4.69) is 55.3 Å². The molecular formula is C44H52N2O8S2. The van der Waals surface area contributed by atoms with Crippen LogP contribution in [0.3, 0.4) is 0 Å². The van der Waals surface area contributed by atoms with Crippen LogP contribution in [-0.4, -0.2) is 54.2 Å². The van der Waals surface area contributed by atoms with Gasteiger partial charge in [0.15, 0.2) is 11.1 Å². The summed E-state index contributed by atoms with van der Waals surface area (Å²) in [7, 11) is 0.0462. The highest BCUT2D eigenvalue weighted by Crippen LogP contribution is 2.36. The summed E-state index contributed by atoms with van der Waals surface area (Å²) in [6.07, 6.45) is 7.90. The van der Waals surface area contributed by atoms with E-state index in [4.69, 9.17) is 14.2 Å². The van der Waals surface area contributed by atoms with Crippen molar-refractivity contribution in [1.29, 1.82) is 0 Å². The Bertz CT molecular complexity index is 2300. The van der Waals surface area contributed by atoms with Gasteiger partial charge < -0.3 is 24.1 Å². The molecule has 10 nitrogen and oxygen atoms in total. The van der Waals surface area contributed by atoms with Gasteiger partial charge in [0, 0.05) is 48.5 Å². The van der Waals surface area contributed by atoms with Gasteiger partial charge in [-0.3, -0.25) is 4.79 Å². The molecule has 1 atom stereocenters. The smallest absolute Gasteiger partial charge is 0.190 e. The van der Waals surface area contributed by atoms with Crippen LogP contribution in [0.4, 0.5) is 11.5 Å². The lowest BCUT2D eigenvalue weighted by Crippen LogP contribution is -2.14. The summed E-state index contributed by atoms with van der Waals surface area (Å²) in [6.45, 7) is 6.49. The highest BCUT2D eigenvalue weighted by molar-refractivity contribution is 7.90. The highest BCUT2D eigenvalue weighted by Gasteiger charge is 2.20. The van der Waals surface area contributed by atoms with Gasteiger partial charge in [0.1, 0.15) is 49.3 Å². The quantitative estimate of drug-likeness (QED) is 0.0776. The molecule has 0 spiro atoms. The average Bonchev–Trinajstić information content (AvgIpc) is 3.14. The van der Waals surface area contributed by atoms with Crippen molar-refractivity contribution < 1.29 is 36.2 Å². The number of hydrogen-bond acceptors (Lipinski definition) is 9. The number of sulfone groups is 1. The number of hydrogen-bond donors (Lipinski definition) is 2. The first-order valence-corrected chi connectivity index (χ1v) is 21.9. The standard InChI is InChI=1S/C44H52N2O8S2/c1-44(2,3)33-26-31(43(53-5)32(27-33)14-11-25-56(6,50)51)13-10-16-35(47)15-9-12-30-19-21-39(38-18-8-7-17-37(30)38)54-36-23-24-45-42(29-36)46-34-20-22-41(55(48)49)40(28-34)52-4/h7-8,17-24,26-29H,9-16,25H2,1-6H3,(H,45,46)(H,48,49). The fourth-order valence-corrected chi connectivity index (χ4v) is 7.94. The minimum atomic E-state index is -3.05. The van der Waals surface area contributed by atoms with E-state index in [0.717, 1.165) is 46.1 Å². The van der Waals surface area contributed by atoms with Gasteiger partial charge in [-0.1, -0.05) is 63.2 Å². The molecule has 0 aliphatic rings. The lowest BCUT2D eigenvalue weighted by Gasteiger charge is -2.24. The molecule has 56 heavy (non-hydrogen) atoms. The van der Waals surface area contributed by atoms with E-state index in [0.29, 0.717) is 61.5 Å². The Kier molecular flexibility index (Phi) is 14.3.